The molecule has 20 heavy (non-hydrogen) atoms. The van der Waals surface area contributed by atoms with Gasteiger partial charge < -0.3 is 10.1 Å². The third-order valence-electron chi connectivity index (χ3n) is 4.15. The SMILES string of the molecule is Cc1ccc(NC[C@@H]2CCN([C@H]3CCOC3=O)C2)nc1. The van der Waals surface area contributed by atoms with Crippen molar-refractivity contribution >= 4 is 11.8 Å². The lowest BCUT2D eigenvalue weighted by Crippen LogP contribution is -2.37. The number of likely N-dealkylation sites (tertiary alicyclic amines) is 1. The summed E-state index contributed by atoms with van der Waals surface area (Å²) in [4.78, 5) is 18.2. The summed E-state index contributed by atoms with van der Waals surface area (Å²) < 4.78 is 5.05. The van der Waals surface area contributed by atoms with E-state index in [1.807, 2.05) is 19.2 Å². The van der Waals surface area contributed by atoms with Gasteiger partial charge in [-0.25, -0.2) is 4.98 Å². The van der Waals surface area contributed by atoms with E-state index in [4.69, 9.17) is 4.74 Å². The Morgan fingerprint density at radius 2 is 2.35 bits per heavy atom. The Labute approximate surface area is 119 Å². The number of cyclic esters (lactones) is 1. The molecule has 3 heterocycles. The molecule has 0 saturated carbocycles. The van der Waals surface area contributed by atoms with Crippen molar-refractivity contribution in [3.05, 3.63) is 23.9 Å². The quantitative estimate of drug-likeness (QED) is 0.843. The van der Waals surface area contributed by atoms with Crippen LogP contribution in [0.15, 0.2) is 18.3 Å². The van der Waals surface area contributed by atoms with Crippen molar-refractivity contribution in [1.29, 1.82) is 0 Å². The highest BCUT2D eigenvalue weighted by molar-refractivity contribution is 5.77. The van der Waals surface area contributed by atoms with Crippen LogP contribution in [0.2, 0.25) is 0 Å². The number of hydrogen-bond acceptors (Lipinski definition) is 5. The molecular formula is C15H21N3O2. The zero-order valence-corrected chi connectivity index (χ0v) is 11.8. The summed E-state index contributed by atoms with van der Waals surface area (Å²) >= 11 is 0. The summed E-state index contributed by atoms with van der Waals surface area (Å²) in [7, 11) is 0. The maximum Gasteiger partial charge on any atom is 0.323 e. The van der Waals surface area contributed by atoms with Crippen LogP contribution in [0.25, 0.3) is 0 Å². The van der Waals surface area contributed by atoms with Crippen molar-refractivity contribution in [2.75, 3.05) is 31.6 Å². The van der Waals surface area contributed by atoms with Crippen LogP contribution in [-0.2, 0) is 9.53 Å². The van der Waals surface area contributed by atoms with Crippen LogP contribution in [0.4, 0.5) is 5.82 Å². The Hall–Kier alpha value is -1.62. The molecule has 0 aliphatic carbocycles. The first-order chi connectivity index (χ1) is 9.72. The molecule has 2 aliphatic rings. The Bertz CT molecular complexity index is 475. The first kappa shape index (κ1) is 13.4. The van der Waals surface area contributed by atoms with Crippen molar-refractivity contribution in [3.63, 3.8) is 0 Å². The molecule has 2 fully saturated rings. The van der Waals surface area contributed by atoms with Gasteiger partial charge >= 0.3 is 5.97 Å². The molecule has 2 saturated heterocycles. The standard InChI is InChI=1S/C15H21N3O2/c1-11-2-3-14(16-8-11)17-9-12-4-6-18(10-12)13-5-7-20-15(13)19/h2-3,8,12-13H,4-7,9-10H2,1H3,(H,16,17)/t12-,13-/m0/s1. The minimum atomic E-state index is -0.0428. The number of esters is 1. The molecular weight excluding hydrogens is 254 g/mol. The van der Waals surface area contributed by atoms with Gasteiger partial charge in [0.2, 0.25) is 0 Å². The molecule has 0 spiro atoms. The molecule has 2 aliphatic heterocycles. The zero-order valence-electron chi connectivity index (χ0n) is 11.8. The first-order valence-electron chi connectivity index (χ1n) is 7.29. The van der Waals surface area contributed by atoms with E-state index < -0.39 is 0 Å². The summed E-state index contributed by atoms with van der Waals surface area (Å²) in [5.74, 6) is 1.46. The number of nitrogens with zero attached hydrogens (tertiary/aromatic N) is 2. The minimum absolute atomic E-state index is 0.00231. The predicted octanol–water partition coefficient (Wildman–Crippen LogP) is 1.44. The second-order valence-electron chi connectivity index (χ2n) is 5.72. The second kappa shape index (κ2) is 5.79. The molecule has 108 valence electrons. The fraction of sp³-hybridized carbons (Fsp3) is 0.600. The van der Waals surface area contributed by atoms with E-state index >= 15 is 0 Å². The summed E-state index contributed by atoms with van der Waals surface area (Å²) in [6.45, 7) is 5.49. The van der Waals surface area contributed by atoms with Crippen molar-refractivity contribution in [2.45, 2.75) is 25.8 Å². The topological polar surface area (TPSA) is 54.5 Å². The Balaban J connectivity index is 1.48. The van der Waals surface area contributed by atoms with Crippen molar-refractivity contribution in [2.24, 2.45) is 5.92 Å². The van der Waals surface area contributed by atoms with Crippen LogP contribution in [0.1, 0.15) is 18.4 Å². The van der Waals surface area contributed by atoms with Gasteiger partial charge in [-0.05, 0) is 37.4 Å². The molecule has 5 nitrogen and oxygen atoms in total. The molecule has 1 aromatic rings. The monoisotopic (exact) mass is 275 g/mol. The van der Waals surface area contributed by atoms with Gasteiger partial charge in [-0.1, -0.05) is 6.07 Å². The number of nitrogens with one attached hydrogen (secondary N) is 1. The number of rotatable bonds is 4. The van der Waals surface area contributed by atoms with Crippen molar-refractivity contribution in [1.82, 2.24) is 9.88 Å². The molecule has 0 aromatic carbocycles. The van der Waals surface area contributed by atoms with Gasteiger partial charge in [0.1, 0.15) is 11.9 Å². The molecule has 0 amide bonds. The third-order valence-corrected chi connectivity index (χ3v) is 4.15. The Morgan fingerprint density at radius 1 is 1.45 bits per heavy atom. The van der Waals surface area contributed by atoms with E-state index in [0.717, 1.165) is 38.3 Å². The molecule has 0 bridgehead atoms. The molecule has 0 radical (unpaired) electrons. The van der Waals surface area contributed by atoms with E-state index in [0.29, 0.717) is 12.5 Å². The third kappa shape index (κ3) is 2.93. The molecule has 0 unspecified atom stereocenters. The first-order valence-corrected chi connectivity index (χ1v) is 7.29. The number of anilines is 1. The van der Waals surface area contributed by atoms with Crippen LogP contribution >= 0.6 is 0 Å². The van der Waals surface area contributed by atoms with Gasteiger partial charge in [0.05, 0.1) is 6.61 Å². The van der Waals surface area contributed by atoms with E-state index in [1.54, 1.807) is 0 Å². The number of aryl methyl sites for hydroxylation is 1. The lowest BCUT2D eigenvalue weighted by molar-refractivity contribution is -0.142. The molecule has 3 rings (SSSR count). The molecule has 1 aromatic heterocycles. The number of ether oxygens (including phenoxy) is 1. The lowest BCUT2D eigenvalue weighted by Gasteiger charge is -2.20. The average molecular weight is 275 g/mol. The average Bonchev–Trinajstić information content (AvgIpc) is 3.06. The maximum absolute atomic E-state index is 11.6. The van der Waals surface area contributed by atoms with Gasteiger partial charge in [0, 0.05) is 25.7 Å². The second-order valence-corrected chi connectivity index (χ2v) is 5.72. The van der Waals surface area contributed by atoms with Crippen LogP contribution in [0.5, 0.6) is 0 Å². The Kier molecular flexibility index (Phi) is 3.87. The number of aromatic nitrogens is 1. The number of carbonyl (C=O) groups excluding carboxylic acids is 1. The summed E-state index contributed by atoms with van der Waals surface area (Å²) in [5, 5.41) is 3.38. The smallest absolute Gasteiger partial charge is 0.323 e. The van der Waals surface area contributed by atoms with E-state index in [9.17, 15) is 4.79 Å². The largest absolute Gasteiger partial charge is 0.464 e. The van der Waals surface area contributed by atoms with Gasteiger partial charge in [-0.3, -0.25) is 9.69 Å². The normalized spacial score (nSPS) is 26.8. The van der Waals surface area contributed by atoms with Crippen LogP contribution in [0, 0.1) is 12.8 Å². The maximum atomic E-state index is 11.6. The number of hydrogen-bond donors (Lipinski definition) is 1. The van der Waals surface area contributed by atoms with Crippen LogP contribution < -0.4 is 5.32 Å². The highest BCUT2D eigenvalue weighted by Gasteiger charge is 2.36. The van der Waals surface area contributed by atoms with E-state index in [2.05, 4.69) is 21.3 Å². The predicted molar refractivity (Wildman–Crippen MR) is 76.5 cm³/mol. The Morgan fingerprint density at radius 3 is 3.05 bits per heavy atom. The summed E-state index contributed by atoms with van der Waals surface area (Å²) in [6, 6.07) is 4.07. The number of carbonyl (C=O) groups is 1. The van der Waals surface area contributed by atoms with E-state index in [-0.39, 0.29) is 12.0 Å². The summed E-state index contributed by atoms with van der Waals surface area (Å²) in [6.07, 6.45) is 3.85. The lowest BCUT2D eigenvalue weighted by atomic mass is 10.1. The summed E-state index contributed by atoms with van der Waals surface area (Å²) in [5.41, 5.74) is 1.17. The fourth-order valence-electron chi connectivity index (χ4n) is 2.95. The van der Waals surface area contributed by atoms with Crippen molar-refractivity contribution < 1.29 is 9.53 Å². The van der Waals surface area contributed by atoms with Crippen LogP contribution in [0.3, 0.4) is 0 Å². The van der Waals surface area contributed by atoms with Gasteiger partial charge in [-0.15, -0.1) is 0 Å². The van der Waals surface area contributed by atoms with Gasteiger partial charge in [0.15, 0.2) is 0 Å². The molecule has 2 atom stereocenters. The molecule has 5 heteroatoms. The molecule has 1 N–H and O–H groups in total. The highest BCUT2D eigenvalue weighted by Crippen LogP contribution is 2.23. The number of pyridine rings is 1. The van der Waals surface area contributed by atoms with E-state index in [1.165, 1.54) is 5.56 Å². The minimum Gasteiger partial charge on any atom is -0.464 e. The van der Waals surface area contributed by atoms with Gasteiger partial charge in [0.25, 0.3) is 0 Å². The zero-order chi connectivity index (χ0) is 13.9. The van der Waals surface area contributed by atoms with Crippen molar-refractivity contribution in [3.8, 4) is 0 Å². The fourth-order valence-corrected chi connectivity index (χ4v) is 2.95. The highest BCUT2D eigenvalue weighted by atomic mass is 16.5. The van der Waals surface area contributed by atoms with Crippen LogP contribution in [-0.4, -0.2) is 48.1 Å². The van der Waals surface area contributed by atoms with Gasteiger partial charge in [-0.2, -0.15) is 0 Å².